The van der Waals surface area contributed by atoms with E-state index in [-0.39, 0.29) is 6.61 Å². The molecule has 0 spiro atoms. The fraction of sp³-hybridized carbons (Fsp3) is 0.364. The van der Waals surface area contributed by atoms with Crippen LogP contribution >= 0.6 is 11.3 Å². The van der Waals surface area contributed by atoms with Gasteiger partial charge in [-0.25, -0.2) is 4.79 Å². The SMILES string of the molecule is CCOC(=O)c1c(NC(=O)CN2C(=O)c3ccccc3C2=O)sc2c1CC[C@@H](C)C2. The van der Waals surface area contributed by atoms with E-state index in [0.717, 1.165) is 34.6 Å². The zero-order chi connectivity index (χ0) is 21.4. The summed E-state index contributed by atoms with van der Waals surface area (Å²) in [4.78, 5) is 52.3. The third-order valence-electron chi connectivity index (χ3n) is 5.42. The molecular weight excluding hydrogens is 404 g/mol. The summed E-state index contributed by atoms with van der Waals surface area (Å²) < 4.78 is 5.21. The lowest BCUT2D eigenvalue weighted by atomic mass is 9.88. The Bertz CT molecular complexity index is 1020. The van der Waals surface area contributed by atoms with Gasteiger partial charge in [0.05, 0.1) is 23.3 Å². The van der Waals surface area contributed by atoms with Gasteiger partial charge in [-0.2, -0.15) is 0 Å². The van der Waals surface area contributed by atoms with Crippen molar-refractivity contribution in [2.24, 2.45) is 5.92 Å². The van der Waals surface area contributed by atoms with E-state index in [0.29, 0.717) is 27.6 Å². The Morgan fingerprint density at radius 2 is 1.87 bits per heavy atom. The van der Waals surface area contributed by atoms with Gasteiger partial charge in [-0.1, -0.05) is 19.1 Å². The number of carbonyl (C=O) groups is 4. The van der Waals surface area contributed by atoms with Crippen molar-refractivity contribution in [3.63, 3.8) is 0 Å². The van der Waals surface area contributed by atoms with Crippen molar-refractivity contribution in [2.45, 2.75) is 33.1 Å². The first kappa shape index (κ1) is 20.3. The van der Waals surface area contributed by atoms with Gasteiger partial charge in [-0.05, 0) is 49.8 Å². The number of nitrogens with one attached hydrogen (secondary N) is 1. The minimum Gasteiger partial charge on any atom is -0.462 e. The standard InChI is InChI=1S/C22H22N2O5S/c1-3-29-22(28)18-15-9-8-12(2)10-16(15)30-19(18)23-17(25)11-24-20(26)13-6-4-5-7-14(13)21(24)27/h4-7,12H,3,8-11H2,1-2H3,(H,23,25)/t12-/m1/s1. The number of anilines is 1. The highest BCUT2D eigenvalue weighted by molar-refractivity contribution is 7.17. The van der Waals surface area contributed by atoms with Crippen LogP contribution < -0.4 is 5.32 Å². The second kappa shape index (κ2) is 8.02. The molecule has 0 bridgehead atoms. The van der Waals surface area contributed by atoms with Crippen LogP contribution in [-0.4, -0.2) is 41.7 Å². The highest BCUT2D eigenvalue weighted by atomic mass is 32.1. The molecule has 2 heterocycles. The monoisotopic (exact) mass is 426 g/mol. The molecule has 30 heavy (non-hydrogen) atoms. The van der Waals surface area contributed by atoms with E-state index in [1.54, 1.807) is 31.2 Å². The summed E-state index contributed by atoms with van der Waals surface area (Å²) in [5.74, 6) is -1.46. The maximum atomic E-state index is 12.7. The predicted octanol–water partition coefficient (Wildman–Crippen LogP) is 3.28. The van der Waals surface area contributed by atoms with Gasteiger partial charge in [0.25, 0.3) is 11.8 Å². The van der Waals surface area contributed by atoms with E-state index >= 15 is 0 Å². The highest BCUT2D eigenvalue weighted by Crippen LogP contribution is 2.40. The molecule has 7 nitrogen and oxygen atoms in total. The Morgan fingerprint density at radius 1 is 1.20 bits per heavy atom. The van der Waals surface area contributed by atoms with Crippen molar-refractivity contribution in [1.82, 2.24) is 4.90 Å². The number of fused-ring (bicyclic) bond motifs is 2. The third kappa shape index (κ3) is 3.52. The molecule has 0 saturated carbocycles. The van der Waals surface area contributed by atoms with Crippen LogP contribution in [0.5, 0.6) is 0 Å². The molecule has 3 amide bonds. The summed E-state index contributed by atoms with van der Waals surface area (Å²) in [7, 11) is 0. The summed E-state index contributed by atoms with van der Waals surface area (Å²) in [5.41, 5.74) is 1.93. The molecule has 1 aliphatic heterocycles. The average Bonchev–Trinajstić information content (AvgIpc) is 3.18. The molecule has 0 saturated heterocycles. The minimum atomic E-state index is -0.526. The second-order valence-corrected chi connectivity index (χ2v) is 8.67. The quantitative estimate of drug-likeness (QED) is 0.585. The fourth-order valence-corrected chi connectivity index (χ4v) is 5.37. The number of hydrogen-bond donors (Lipinski definition) is 1. The molecular formula is C22H22N2O5S. The molecule has 1 aromatic carbocycles. The van der Waals surface area contributed by atoms with Crippen LogP contribution in [0, 0.1) is 5.92 Å². The smallest absolute Gasteiger partial charge is 0.341 e. The molecule has 1 aromatic heterocycles. The zero-order valence-electron chi connectivity index (χ0n) is 16.8. The number of carbonyl (C=O) groups excluding carboxylic acids is 4. The van der Waals surface area contributed by atoms with Gasteiger partial charge in [-0.3, -0.25) is 19.3 Å². The number of amides is 3. The topological polar surface area (TPSA) is 92.8 Å². The molecule has 0 radical (unpaired) electrons. The summed E-state index contributed by atoms with van der Waals surface area (Å²) in [6, 6.07) is 6.49. The number of ether oxygens (including phenoxy) is 1. The Hall–Kier alpha value is -3.00. The van der Waals surface area contributed by atoms with Crippen molar-refractivity contribution in [2.75, 3.05) is 18.5 Å². The maximum Gasteiger partial charge on any atom is 0.341 e. The van der Waals surface area contributed by atoms with E-state index < -0.39 is 30.2 Å². The van der Waals surface area contributed by atoms with Gasteiger partial charge in [0, 0.05) is 4.88 Å². The van der Waals surface area contributed by atoms with Gasteiger partial charge >= 0.3 is 5.97 Å². The van der Waals surface area contributed by atoms with E-state index in [9.17, 15) is 19.2 Å². The first-order valence-electron chi connectivity index (χ1n) is 9.97. The van der Waals surface area contributed by atoms with Gasteiger partial charge in [0.1, 0.15) is 11.5 Å². The maximum absolute atomic E-state index is 12.7. The van der Waals surface area contributed by atoms with Crippen molar-refractivity contribution >= 4 is 40.0 Å². The molecule has 1 atom stereocenters. The third-order valence-corrected chi connectivity index (χ3v) is 6.59. The molecule has 4 rings (SSSR count). The van der Waals surface area contributed by atoms with Crippen LogP contribution in [-0.2, 0) is 22.4 Å². The first-order chi connectivity index (χ1) is 14.4. The van der Waals surface area contributed by atoms with Crippen LogP contribution in [0.4, 0.5) is 5.00 Å². The van der Waals surface area contributed by atoms with Crippen LogP contribution in [0.2, 0.25) is 0 Å². The molecule has 0 fully saturated rings. The van der Waals surface area contributed by atoms with Crippen LogP contribution in [0.15, 0.2) is 24.3 Å². The van der Waals surface area contributed by atoms with E-state index in [1.165, 1.54) is 11.3 Å². The number of benzene rings is 1. The number of esters is 1. The molecule has 1 N–H and O–H groups in total. The van der Waals surface area contributed by atoms with Crippen molar-refractivity contribution in [3.8, 4) is 0 Å². The number of hydrogen-bond acceptors (Lipinski definition) is 6. The molecule has 2 aromatic rings. The normalized spacial score (nSPS) is 17.5. The molecule has 8 heteroatoms. The molecule has 2 aliphatic rings. The summed E-state index contributed by atoms with van der Waals surface area (Å²) in [5, 5.41) is 3.17. The Balaban J connectivity index is 1.56. The molecule has 1 aliphatic carbocycles. The van der Waals surface area contributed by atoms with Crippen molar-refractivity contribution in [1.29, 1.82) is 0 Å². The summed E-state index contributed by atoms with van der Waals surface area (Å²) in [6.07, 6.45) is 2.58. The average molecular weight is 426 g/mol. The zero-order valence-corrected chi connectivity index (χ0v) is 17.6. The number of rotatable bonds is 5. The van der Waals surface area contributed by atoms with E-state index in [4.69, 9.17) is 4.74 Å². The molecule has 0 unspecified atom stereocenters. The van der Waals surface area contributed by atoms with Crippen molar-refractivity contribution in [3.05, 3.63) is 51.4 Å². The number of imide groups is 1. The van der Waals surface area contributed by atoms with Crippen molar-refractivity contribution < 1.29 is 23.9 Å². The van der Waals surface area contributed by atoms with Crippen LogP contribution in [0.1, 0.15) is 61.8 Å². The van der Waals surface area contributed by atoms with Gasteiger partial charge in [0.15, 0.2) is 0 Å². The fourth-order valence-electron chi connectivity index (χ4n) is 3.95. The lowest BCUT2D eigenvalue weighted by Gasteiger charge is -2.18. The van der Waals surface area contributed by atoms with Gasteiger partial charge in [-0.15, -0.1) is 11.3 Å². The molecule has 156 valence electrons. The van der Waals surface area contributed by atoms with Crippen LogP contribution in [0.25, 0.3) is 0 Å². The lowest BCUT2D eigenvalue weighted by molar-refractivity contribution is -0.116. The largest absolute Gasteiger partial charge is 0.462 e. The van der Waals surface area contributed by atoms with Crippen LogP contribution in [0.3, 0.4) is 0 Å². The number of thiophene rings is 1. The summed E-state index contributed by atoms with van der Waals surface area (Å²) >= 11 is 1.37. The summed E-state index contributed by atoms with van der Waals surface area (Å²) in [6.45, 7) is 3.72. The first-order valence-corrected chi connectivity index (χ1v) is 10.8. The Kier molecular flexibility index (Phi) is 5.42. The minimum absolute atomic E-state index is 0.238. The highest BCUT2D eigenvalue weighted by Gasteiger charge is 2.37. The van der Waals surface area contributed by atoms with Gasteiger partial charge < -0.3 is 10.1 Å². The Labute approximate surface area is 178 Å². The second-order valence-electron chi connectivity index (χ2n) is 7.57. The predicted molar refractivity (Wildman–Crippen MR) is 112 cm³/mol. The van der Waals surface area contributed by atoms with E-state index in [2.05, 4.69) is 12.2 Å². The lowest BCUT2D eigenvalue weighted by Crippen LogP contribution is -2.37. The number of nitrogens with zero attached hydrogens (tertiary/aromatic N) is 1. The van der Waals surface area contributed by atoms with E-state index in [1.807, 2.05) is 0 Å². The van der Waals surface area contributed by atoms with Gasteiger partial charge in [0.2, 0.25) is 5.91 Å². The Morgan fingerprint density at radius 3 is 2.50 bits per heavy atom.